The van der Waals surface area contributed by atoms with Gasteiger partial charge < -0.3 is 14.3 Å². The van der Waals surface area contributed by atoms with Crippen molar-refractivity contribution in [2.75, 3.05) is 38.7 Å². The molecule has 8 heteroatoms. The molecule has 1 aliphatic heterocycles. The van der Waals surface area contributed by atoms with E-state index in [-0.39, 0.29) is 12.0 Å². The van der Waals surface area contributed by atoms with E-state index in [1.807, 2.05) is 7.05 Å². The van der Waals surface area contributed by atoms with Crippen LogP contribution in [0, 0.1) is 6.92 Å². The molecule has 17 heavy (non-hydrogen) atoms. The Labute approximate surface area is 98.9 Å². The van der Waals surface area contributed by atoms with Crippen LogP contribution in [-0.2, 0) is 0 Å². The lowest BCUT2D eigenvalue weighted by Crippen LogP contribution is -2.51. The number of aryl methyl sites for hydroxylation is 1. The van der Waals surface area contributed by atoms with Gasteiger partial charge in [-0.1, -0.05) is 5.16 Å². The smallest absolute Gasteiger partial charge is 0.321 e. The fraction of sp³-hybridized carbons (Fsp3) is 0.667. The van der Waals surface area contributed by atoms with Crippen molar-refractivity contribution in [2.45, 2.75) is 6.92 Å². The maximum absolute atomic E-state index is 11.7. The van der Waals surface area contributed by atoms with Crippen molar-refractivity contribution in [3.05, 3.63) is 5.82 Å². The minimum atomic E-state index is -0.186. The van der Waals surface area contributed by atoms with Crippen molar-refractivity contribution in [2.24, 2.45) is 0 Å². The minimum absolute atomic E-state index is 0.185. The predicted octanol–water partition coefficient (Wildman–Crippen LogP) is -0.338. The molecule has 2 N–H and O–H groups in total. The zero-order valence-electron chi connectivity index (χ0n) is 9.93. The average molecular weight is 240 g/mol. The Balaban J connectivity index is 1.77. The third-order valence-corrected chi connectivity index (χ3v) is 2.59. The molecule has 0 unspecified atom stereocenters. The first-order valence-corrected chi connectivity index (χ1v) is 5.45. The van der Waals surface area contributed by atoms with Gasteiger partial charge >= 0.3 is 12.0 Å². The van der Waals surface area contributed by atoms with Crippen molar-refractivity contribution in [1.29, 1.82) is 0 Å². The Kier molecular flexibility index (Phi) is 3.43. The number of urea groups is 1. The number of hydrogen-bond donors (Lipinski definition) is 2. The van der Waals surface area contributed by atoms with Crippen LogP contribution in [-0.4, -0.2) is 59.2 Å². The van der Waals surface area contributed by atoms with Crippen molar-refractivity contribution in [1.82, 2.24) is 25.4 Å². The van der Waals surface area contributed by atoms with E-state index in [2.05, 4.69) is 25.9 Å². The zero-order chi connectivity index (χ0) is 12.3. The van der Waals surface area contributed by atoms with Gasteiger partial charge in [-0.05, 0) is 14.0 Å². The Morgan fingerprint density at radius 1 is 1.35 bits per heavy atom. The monoisotopic (exact) mass is 240 g/mol. The first-order valence-electron chi connectivity index (χ1n) is 5.45. The van der Waals surface area contributed by atoms with Gasteiger partial charge in [0, 0.05) is 26.2 Å². The number of likely N-dealkylation sites (N-methyl/N-ethyl adjacent to an activating group) is 1. The molecule has 0 aliphatic carbocycles. The number of rotatable bonds is 2. The van der Waals surface area contributed by atoms with Gasteiger partial charge in [0.25, 0.3) is 0 Å². The van der Waals surface area contributed by atoms with E-state index >= 15 is 0 Å². The lowest BCUT2D eigenvalue weighted by Gasteiger charge is -2.32. The number of carbonyl (C=O) groups excluding carboxylic acids is 1. The summed E-state index contributed by atoms with van der Waals surface area (Å²) in [6, 6.07) is -0.000990. The number of hydrogen-bond acceptors (Lipinski definition) is 6. The first kappa shape index (κ1) is 11.6. The van der Waals surface area contributed by atoms with Crippen molar-refractivity contribution in [3.63, 3.8) is 0 Å². The third-order valence-electron chi connectivity index (χ3n) is 2.59. The summed E-state index contributed by atoms with van der Waals surface area (Å²) in [4.78, 5) is 19.5. The van der Waals surface area contributed by atoms with Gasteiger partial charge in [-0.3, -0.25) is 0 Å². The highest BCUT2D eigenvalue weighted by Gasteiger charge is 2.18. The minimum Gasteiger partial charge on any atom is -0.321 e. The van der Waals surface area contributed by atoms with Crippen molar-refractivity contribution < 1.29 is 9.32 Å². The lowest BCUT2D eigenvalue weighted by atomic mass is 10.3. The standard InChI is InChI=1S/C9H16N6O2/c1-7-10-8(17-13-7)11-12-9(16)15-5-3-14(2)4-6-15/h3-6H2,1-2H3,(H,12,16)(H,10,11,13). The first-order chi connectivity index (χ1) is 8.15. The maximum atomic E-state index is 11.7. The van der Waals surface area contributed by atoms with Gasteiger partial charge in [0.15, 0.2) is 5.82 Å². The summed E-state index contributed by atoms with van der Waals surface area (Å²) in [6.45, 7) is 4.90. The van der Waals surface area contributed by atoms with Crippen molar-refractivity contribution >= 4 is 12.0 Å². The summed E-state index contributed by atoms with van der Waals surface area (Å²) in [5.41, 5.74) is 5.10. The Morgan fingerprint density at radius 3 is 2.65 bits per heavy atom. The van der Waals surface area contributed by atoms with Gasteiger partial charge in [-0.15, -0.1) is 0 Å². The molecule has 0 saturated carbocycles. The van der Waals surface area contributed by atoms with Gasteiger partial charge in [0.05, 0.1) is 0 Å². The SMILES string of the molecule is Cc1noc(NNC(=O)N2CCN(C)CC2)n1. The topological polar surface area (TPSA) is 86.5 Å². The van der Waals surface area contributed by atoms with E-state index in [4.69, 9.17) is 4.52 Å². The highest BCUT2D eigenvalue weighted by Crippen LogP contribution is 2.02. The molecule has 8 nitrogen and oxygen atoms in total. The van der Waals surface area contributed by atoms with E-state index in [1.54, 1.807) is 11.8 Å². The highest BCUT2D eigenvalue weighted by molar-refractivity contribution is 5.75. The molecule has 0 aromatic carbocycles. The average Bonchev–Trinajstić information content (AvgIpc) is 2.73. The second kappa shape index (κ2) is 5.00. The van der Waals surface area contributed by atoms with Gasteiger partial charge in [0.1, 0.15) is 0 Å². The number of hydrazine groups is 1. The van der Waals surface area contributed by atoms with Crippen LogP contribution in [0.1, 0.15) is 5.82 Å². The molecule has 2 heterocycles. The normalized spacial score (nSPS) is 16.9. The molecule has 1 fully saturated rings. The summed E-state index contributed by atoms with van der Waals surface area (Å²) in [6.07, 6.45) is 0. The van der Waals surface area contributed by atoms with Gasteiger partial charge in [-0.2, -0.15) is 4.98 Å². The summed E-state index contributed by atoms with van der Waals surface area (Å²) >= 11 is 0. The molecule has 0 radical (unpaired) electrons. The van der Waals surface area contributed by atoms with Crippen LogP contribution >= 0.6 is 0 Å². The Morgan fingerprint density at radius 2 is 2.06 bits per heavy atom. The largest absolute Gasteiger partial charge is 0.340 e. The van der Waals surface area contributed by atoms with Crippen LogP contribution in [0.15, 0.2) is 4.52 Å². The van der Waals surface area contributed by atoms with E-state index in [0.29, 0.717) is 18.9 Å². The zero-order valence-corrected chi connectivity index (χ0v) is 9.93. The number of carbonyl (C=O) groups is 1. The van der Waals surface area contributed by atoms with E-state index in [9.17, 15) is 4.79 Å². The summed E-state index contributed by atoms with van der Waals surface area (Å²) < 4.78 is 4.81. The Hall–Kier alpha value is -1.83. The van der Waals surface area contributed by atoms with Gasteiger partial charge in [0.2, 0.25) is 0 Å². The summed E-state index contributed by atoms with van der Waals surface area (Å²) in [7, 11) is 2.04. The molecular weight excluding hydrogens is 224 g/mol. The van der Waals surface area contributed by atoms with E-state index in [0.717, 1.165) is 13.1 Å². The predicted molar refractivity (Wildman–Crippen MR) is 60.3 cm³/mol. The number of aromatic nitrogens is 2. The molecule has 1 aliphatic rings. The summed E-state index contributed by atoms with van der Waals surface area (Å²) in [5.74, 6) is 0.515. The van der Waals surface area contributed by atoms with Crippen LogP contribution in [0.3, 0.4) is 0 Å². The number of nitrogens with one attached hydrogen (secondary N) is 2. The van der Waals surface area contributed by atoms with E-state index < -0.39 is 0 Å². The fourth-order valence-electron chi connectivity index (χ4n) is 1.54. The molecule has 1 aromatic rings. The molecule has 1 saturated heterocycles. The second-order valence-corrected chi connectivity index (χ2v) is 3.99. The third kappa shape index (κ3) is 3.06. The molecule has 2 amide bonds. The molecule has 0 atom stereocenters. The Bertz CT molecular complexity index is 385. The number of nitrogens with zero attached hydrogens (tertiary/aromatic N) is 4. The molecule has 1 aromatic heterocycles. The van der Waals surface area contributed by atoms with Crippen molar-refractivity contribution in [3.8, 4) is 0 Å². The number of amides is 2. The quantitative estimate of drug-likeness (QED) is 0.688. The molecule has 0 spiro atoms. The molecular formula is C9H16N6O2. The van der Waals surface area contributed by atoms with Crippen LogP contribution in [0.25, 0.3) is 0 Å². The van der Waals surface area contributed by atoms with Crippen LogP contribution in [0.2, 0.25) is 0 Å². The second-order valence-electron chi connectivity index (χ2n) is 3.99. The number of anilines is 1. The molecule has 2 rings (SSSR count). The fourth-order valence-corrected chi connectivity index (χ4v) is 1.54. The van der Waals surface area contributed by atoms with E-state index in [1.165, 1.54) is 0 Å². The molecule has 0 bridgehead atoms. The van der Waals surface area contributed by atoms with Crippen LogP contribution < -0.4 is 10.9 Å². The maximum Gasteiger partial charge on any atom is 0.340 e. The van der Waals surface area contributed by atoms with Crippen LogP contribution in [0.5, 0.6) is 0 Å². The highest BCUT2D eigenvalue weighted by atomic mass is 16.5. The molecule has 94 valence electrons. The van der Waals surface area contributed by atoms with Crippen LogP contribution in [0.4, 0.5) is 10.8 Å². The lowest BCUT2D eigenvalue weighted by molar-refractivity contribution is 0.155. The number of piperazine rings is 1. The van der Waals surface area contributed by atoms with Gasteiger partial charge in [-0.25, -0.2) is 15.6 Å². The summed E-state index contributed by atoms with van der Waals surface area (Å²) in [5, 5.41) is 3.60.